The van der Waals surface area contributed by atoms with Crippen molar-refractivity contribution in [2.75, 3.05) is 14.2 Å². The number of methoxy groups -OCH3 is 2. The Morgan fingerprint density at radius 3 is 1.91 bits per heavy atom. The van der Waals surface area contributed by atoms with Crippen LogP contribution < -0.4 is 0 Å². The summed E-state index contributed by atoms with van der Waals surface area (Å²) in [4.78, 5) is 31.8. The largest absolute Gasteiger partial charge is 0.464 e. The Hall–Kier alpha value is -3.61. The molecule has 0 aromatic carbocycles. The fourth-order valence-electron chi connectivity index (χ4n) is 1.88. The number of esters is 2. The van der Waals surface area contributed by atoms with Gasteiger partial charge in [-0.15, -0.1) is 20.4 Å². The van der Waals surface area contributed by atoms with Crippen LogP contribution in [0.15, 0.2) is 49.3 Å². The number of imidazole rings is 2. The standard InChI is InChI=1S/C9H7ClN4O2.C5H6N2O2.C4H2Cl2N2/c1-16-9(15)6-4-14(5-11-6)8-3-2-7(10)12-13-8;1-9-5(8)4-2-6-3-7-4;5-3-1-2-4(6)8-7-3/h2-5H,1H3;2-3H,1H3,(H,6,7);1-2H. The van der Waals surface area contributed by atoms with Gasteiger partial charge in [-0.1, -0.05) is 34.8 Å². The molecule has 0 saturated carbocycles. The third-order valence-electron chi connectivity index (χ3n) is 3.36. The van der Waals surface area contributed by atoms with Crippen molar-refractivity contribution in [3.63, 3.8) is 0 Å². The zero-order valence-electron chi connectivity index (χ0n) is 17.0. The summed E-state index contributed by atoms with van der Waals surface area (Å²) < 4.78 is 10.5. The van der Waals surface area contributed by atoms with Crippen molar-refractivity contribution in [2.24, 2.45) is 0 Å². The van der Waals surface area contributed by atoms with Crippen LogP contribution in [-0.2, 0) is 9.47 Å². The van der Waals surface area contributed by atoms with Crippen molar-refractivity contribution in [3.8, 4) is 5.82 Å². The minimum atomic E-state index is -0.499. The van der Waals surface area contributed by atoms with Crippen molar-refractivity contribution < 1.29 is 19.1 Å². The van der Waals surface area contributed by atoms with Crippen molar-refractivity contribution in [1.82, 2.24) is 39.9 Å². The van der Waals surface area contributed by atoms with Crippen molar-refractivity contribution in [1.29, 1.82) is 0 Å². The van der Waals surface area contributed by atoms with Crippen molar-refractivity contribution in [3.05, 3.63) is 76.2 Å². The lowest BCUT2D eigenvalue weighted by Crippen LogP contribution is -2.01. The highest BCUT2D eigenvalue weighted by Gasteiger charge is 2.10. The number of ether oxygens (including phenoxy) is 2. The van der Waals surface area contributed by atoms with Gasteiger partial charge in [0, 0.05) is 6.20 Å². The van der Waals surface area contributed by atoms with E-state index in [1.165, 1.54) is 39.3 Å². The molecule has 0 unspecified atom stereocenters. The lowest BCUT2D eigenvalue weighted by molar-refractivity contribution is 0.0586. The molecule has 0 aliphatic carbocycles. The number of nitrogens with one attached hydrogen (secondary N) is 1. The number of H-pyrrole nitrogens is 1. The second-order valence-corrected chi connectivity index (χ2v) is 6.67. The molecule has 4 heterocycles. The normalized spacial score (nSPS) is 9.61. The van der Waals surface area contributed by atoms with Crippen molar-refractivity contribution >= 4 is 46.7 Å². The SMILES string of the molecule is COC(=O)c1cn(-c2ccc(Cl)nn2)cn1.COC(=O)c1cnc[nH]1.Clc1ccc(Cl)nn1. The van der Waals surface area contributed by atoms with Gasteiger partial charge in [-0.05, 0) is 24.3 Å². The third-order valence-corrected chi connectivity index (χ3v) is 3.97. The molecule has 0 spiro atoms. The summed E-state index contributed by atoms with van der Waals surface area (Å²) in [7, 11) is 2.62. The molecule has 0 fully saturated rings. The molecule has 0 amide bonds. The molecule has 0 aliphatic heterocycles. The molecular formula is C18H15Cl3N8O4. The second-order valence-electron chi connectivity index (χ2n) is 5.51. The van der Waals surface area contributed by atoms with Gasteiger partial charge in [0.15, 0.2) is 27.0 Å². The Labute approximate surface area is 201 Å². The molecule has 4 aromatic rings. The molecule has 0 atom stereocenters. The topological polar surface area (TPSA) is 151 Å². The second kappa shape index (κ2) is 13.1. The molecule has 0 aliphatic rings. The number of halogens is 3. The van der Waals surface area contributed by atoms with Gasteiger partial charge >= 0.3 is 11.9 Å². The van der Waals surface area contributed by atoms with Gasteiger partial charge in [0.1, 0.15) is 12.0 Å². The number of aromatic amines is 1. The number of aromatic nitrogens is 8. The van der Waals surface area contributed by atoms with Crippen LogP contribution in [0.3, 0.4) is 0 Å². The molecule has 12 nitrogen and oxygen atoms in total. The monoisotopic (exact) mass is 512 g/mol. The van der Waals surface area contributed by atoms with Gasteiger partial charge < -0.3 is 14.5 Å². The molecule has 0 saturated heterocycles. The maximum atomic E-state index is 11.2. The highest BCUT2D eigenvalue weighted by molar-refractivity contribution is 6.31. The molecule has 1 N–H and O–H groups in total. The van der Waals surface area contributed by atoms with Gasteiger partial charge in [-0.3, -0.25) is 4.57 Å². The summed E-state index contributed by atoms with van der Waals surface area (Å²) in [6.45, 7) is 0. The van der Waals surface area contributed by atoms with Crippen LogP contribution in [0.25, 0.3) is 5.82 Å². The summed E-state index contributed by atoms with van der Waals surface area (Å²) in [5.41, 5.74) is 0.580. The van der Waals surface area contributed by atoms with E-state index in [2.05, 4.69) is 44.8 Å². The van der Waals surface area contributed by atoms with Crippen LogP contribution >= 0.6 is 34.8 Å². The van der Waals surface area contributed by atoms with Crippen molar-refractivity contribution in [2.45, 2.75) is 0 Å². The first-order valence-electron chi connectivity index (χ1n) is 8.67. The summed E-state index contributed by atoms with van der Waals surface area (Å²) in [5.74, 6) is -0.375. The van der Waals surface area contributed by atoms with E-state index in [0.29, 0.717) is 27.0 Å². The number of carbonyl (C=O) groups is 2. The minimum Gasteiger partial charge on any atom is -0.464 e. The molecular weight excluding hydrogens is 499 g/mol. The van der Waals surface area contributed by atoms with Crippen LogP contribution in [0.4, 0.5) is 0 Å². The third kappa shape index (κ3) is 8.44. The first-order chi connectivity index (χ1) is 15.8. The van der Waals surface area contributed by atoms with E-state index in [1.807, 2.05) is 0 Å². The molecule has 15 heteroatoms. The van der Waals surface area contributed by atoms with E-state index in [4.69, 9.17) is 34.8 Å². The Morgan fingerprint density at radius 1 is 0.879 bits per heavy atom. The maximum absolute atomic E-state index is 11.2. The summed E-state index contributed by atoms with van der Waals surface area (Å²) >= 11 is 16.4. The fourth-order valence-corrected chi connectivity index (χ4v) is 2.18. The van der Waals surface area contributed by atoms with Gasteiger partial charge in [-0.25, -0.2) is 19.6 Å². The quantitative estimate of drug-likeness (QED) is 0.405. The van der Waals surface area contributed by atoms with E-state index < -0.39 is 11.9 Å². The van der Waals surface area contributed by atoms with Crippen LogP contribution in [0.1, 0.15) is 21.0 Å². The number of nitrogens with zero attached hydrogens (tertiary/aromatic N) is 7. The zero-order chi connectivity index (χ0) is 24.2. The lowest BCUT2D eigenvalue weighted by atomic mass is 10.5. The highest BCUT2D eigenvalue weighted by Crippen LogP contribution is 2.08. The van der Waals surface area contributed by atoms with Crippen LogP contribution in [0.5, 0.6) is 0 Å². The Kier molecular flexibility index (Phi) is 10.1. The van der Waals surface area contributed by atoms with E-state index >= 15 is 0 Å². The number of hydrogen-bond acceptors (Lipinski definition) is 10. The van der Waals surface area contributed by atoms with E-state index in [-0.39, 0.29) is 5.69 Å². The Morgan fingerprint density at radius 2 is 1.45 bits per heavy atom. The average molecular weight is 514 g/mol. The van der Waals surface area contributed by atoms with Crippen LogP contribution in [0, 0.1) is 0 Å². The molecule has 33 heavy (non-hydrogen) atoms. The van der Waals surface area contributed by atoms with E-state index in [1.54, 1.807) is 28.8 Å². The first-order valence-corrected chi connectivity index (χ1v) is 9.80. The minimum absolute atomic E-state index is 0.208. The predicted molar refractivity (Wildman–Crippen MR) is 117 cm³/mol. The predicted octanol–water partition coefficient (Wildman–Crippen LogP) is 3.08. The smallest absolute Gasteiger partial charge is 0.358 e. The fraction of sp³-hybridized carbons (Fsp3) is 0.111. The molecule has 0 bridgehead atoms. The molecule has 4 rings (SSSR count). The molecule has 0 radical (unpaired) electrons. The Balaban J connectivity index is 0.000000192. The van der Waals surface area contributed by atoms with E-state index in [9.17, 15) is 9.59 Å². The average Bonchev–Trinajstić information content (AvgIpc) is 3.54. The van der Waals surface area contributed by atoms with Gasteiger partial charge in [0.25, 0.3) is 0 Å². The van der Waals surface area contributed by atoms with Gasteiger partial charge in [0.2, 0.25) is 0 Å². The summed E-state index contributed by atoms with van der Waals surface area (Å²) in [5, 5.41) is 15.5. The highest BCUT2D eigenvalue weighted by atomic mass is 35.5. The lowest BCUT2D eigenvalue weighted by Gasteiger charge is -1.98. The summed E-state index contributed by atoms with van der Waals surface area (Å²) in [6, 6.07) is 6.42. The van der Waals surface area contributed by atoms with Gasteiger partial charge in [-0.2, -0.15) is 0 Å². The first kappa shape index (κ1) is 25.6. The van der Waals surface area contributed by atoms with Crippen LogP contribution in [-0.4, -0.2) is 66.1 Å². The zero-order valence-corrected chi connectivity index (χ0v) is 19.3. The number of rotatable bonds is 3. The Bertz CT molecular complexity index is 1130. The number of carbonyl (C=O) groups excluding carboxylic acids is 2. The number of hydrogen-bond donors (Lipinski definition) is 1. The molecule has 172 valence electrons. The maximum Gasteiger partial charge on any atom is 0.358 e. The van der Waals surface area contributed by atoms with E-state index in [0.717, 1.165) is 0 Å². The summed E-state index contributed by atoms with van der Waals surface area (Å²) in [6.07, 6.45) is 5.78. The van der Waals surface area contributed by atoms with Crippen LogP contribution in [0.2, 0.25) is 15.5 Å². The molecule has 4 aromatic heterocycles. The van der Waals surface area contributed by atoms with Gasteiger partial charge in [0.05, 0.1) is 26.7 Å².